The van der Waals surface area contributed by atoms with Gasteiger partial charge in [0.2, 0.25) is 0 Å². The highest BCUT2D eigenvalue weighted by atomic mass is 35.5. The van der Waals surface area contributed by atoms with Gasteiger partial charge in [0.25, 0.3) is 0 Å². The standard InChI is InChI=1S/C12H15ClN2S/c1-5-8-7(4)16-12-9(8)10(13)14-11(15-12)6(2)3/h6H,5H2,1-4H3. The maximum absolute atomic E-state index is 6.26. The molecule has 2 aromatic heterocycles. The first kappa shape index (κ1) is 11.8. The smallest absolute Gasteiger partial charge is 0.141 e. The first-order valence-corrected chi connectivity index (χ1v) is 6.69. The lowest BCUT2D eigenvalue weighted by molar-refractivity contribution is 0.784. The van der Waals surface area contributed by atoms with Crippen LogP contribution in [-0.4, -0.2) is 9.97 Å². The molecule has 0 aliphatic carbocycles. The topological polar surface area (TPSA) is 25.8 Å². The zero-order valence-corrected chi connectivity index (χ0v) is 11.5. The number of aromatic nitrogens is 2. The van der Waals surface area contributed by atoms with Crippen molar-refractivity contribution in [2.45, 2.75) is 40.0 Å². The number of hydrogen-bond acceptors (Lipinski definition) is 3. The van der Waals surface area contributed by atoms with Gasteiger partial charge in [0.15, 0.2) is 0 Å². The number of nitrogens with zero attached hydrogens (tertiary/aromatic N) is 2. The predicted octanol–water partition coefficient (Wildman–Crippen LogP) is 4.34. The van der Waals surface area contributed by atoms with Gasteiger partial charge in [-0.1, -0.05) is 32.4 Å². The lowest BCUT2D eigenvalue weighted by Crippen LogP contribution is -1.97. The molecule has 2 nitrogen and oxygen atoms in total. The Morgan fingerprint density at radius 3 is 2.56 bits per heavy atom. The van der Waals surface area contributed by atoms with Crippen LogP contribution >= 0.6 is 22.9 Å². The van der Waals surface area contributed by atoms with Gasteiger partial charge in [-0.3, -0.25) is 0 Å². The molecule has 2 heterocycles. The molecule has 0 spiro atoms. The Labute approximate surface area is 105 Å². The molecule has 0 bridgehead atoms. The van der Waals surface area contributed by atoms with Crippen LogP contribution in [0, 0.1) is 6.92 Å². The molecule has 0 aliphatic rings. The van der Waals surface area contributed by atoms with Crippen molar-refractivity contribution in [3.63, 3.8) is 0 Å². The first-order valence-electron chi connectivity index (χ1n) is 5.50. The summed E-state index contributed by atoms with van der Waals surface area (Å²) in [5.41, 5.74) is 1.29. The van der Waals surface area contributed by atoms with Gasteiger partial charge in [-0.05, 0) is 18.9 Å². The summed E-state index contributed by atoms with van der Waals surface area (Å²) in [7, 11) is 0. The predicted molar refractivity (Wildman–Crippen MR) is 70.6 cm³/mol. The number of thiophene rings is 1. The summed E-state index contributed by atoms with van der Waals surface area (Å²) >= 11 is 7.97. The van der Waals surface area contributed by atoms with E-state index in [4.69, 9.17) is 11.6 Å². The zero-order valence-electron chi connectivity index (χ0n) is 9.97. The lowest BCUT2D eigenvalue weighted by atomic mass is 10.1. The Morgan fingerprint density at radius 2 is 2.00 bits per heavy atom. The summed E-state index contributed by atoms with van der Waals surface area (Å²) in [4.78, 5) is 11.3. The van der Waals surface area contributed by atoms with Gasteiger partial charge in [0.1, 0.15) is 15.8 Å². The van der Waals surface area contributed by atoms with E-state index in [2.05, 4.69) is 37.7 Å². The van der Waals surface area contributed by atoms with E-state index in [0.717, 1.165) is 22.5 Å². The Kier molecular flexibility index (Phi) is 3.17. The molecule has 0 unspecified atom stereocenters. The van der Waals surface area contributed by atoms with Crippen LogP contribution in [0.3, 0.4) is 0 Å². The molecule has 16 heavy (non-hydrogen) atoms. The van der Waals surface area contributed by atoms with Gasteiger partial charge in [0.05, 0.1) is 5.39 Å². The maximum Gasteiger partial charge on any atom is 0.141 e. The Hall–Kier alpha value is -0.670. The third kappa shape index (κ3) is 1.82. The molecular weight excluding hydrogens is 240 g/mol. The van der Waals surface area contributed by atoms with Crippen LogP contribution in [0.2, 0.25) is 5.15 Å². The van der Waals surface area contributed by atoms with Crippen molar-refractivity contribution in [3.8, 4) is 0 Å². The second kappa shape index (κ2) is 4.30. The minimum absolute atomic E-state index is 0.314. The minimum atomic E-state index is 0.314. The molecule has 0 aromatic carbocycles. The van der Waals surface area contributed by atoms with Gasteiger partial charge < -0.3 is 0 Å². The van der Waals surface area contributed by atoms with Crippen LogP contribution in [0.25, 0.3) is 10.2 Å². The first-order chi connectivity index (χ1) is 7.54. The van der Waals surface area contributed by atoms with Crippen molar-refractivity contribution in [1.82, 2.24) is 9.97 Å². The van der Waals surface area contributed by atoms with Gasteiger partial charge >= 0.3 is 0 Å². The molecule has 2 rings (SSSR count). The highest BCUT2D eigenvalue weighted by molar-refractivity contribution is 7.18. The normalized spacial score (nSPS) is 11.6. The molecule has 0 atom stereocenters. The van der Waals surface area contributed by atoms with Crippen molar-refractivity contribution in [2.24, 2.45) is 0 Å². The summed E-state index contributed by atoms with van der Waals surface area (Å²) < 4.78 is 0. The number of fused-ring (bicyclic) bond motifs is 1. The zero-order chi connectivity index (χ0) is 11.9. The third-order valence-electron chi connectivity index (χ3n) is 2.70. The Morgan fingerprint density at radius 1 is 1.31 bits per heavy atom. The molecule has 0 N–H and O–H groups in total. The highest BCUT2D eigenvalue weighted by Gasteiger charge is 2.15. The molecule has 0 amide bonds. The lowest BCUT2D eigenvalue weighted by Gasteiger charge is -2.04. The summed E-state index contributed by atoms with van der Waals surface area (Å²) in [6.45, 7) is 8.43. The van der Waals surface area contributed by atoms with Crippen molar-refractivity contribution >= 4 is 33.2 Å². The minimum Gasteiger partial charge on any atom is -0.222 e. The van der Waals surface area contributed by atoms with Gasteiger partial charge in [-0.25, -0.2) is 9.97 Å². The number of halogens is 1. The van der Waals surface area contributed by atoms with E-state index >= 15 is 0 Å². The summed E-state index contributed by atoms with van der Waals surface area (Å²) in [5.74, 6) is 1.15. The molecule has 0 radical (unpaired) electrons. The molecule has 0 fully saturated rings. The van der Waals surface area contributed by atoms with E-state index in [1.54, 1.807) is 11.3 Å². The molecule has 0 saturated carbocycles. The van der Waals surface area contributed by atoms with Crippen molar-refractivity contribution in [3.05, 3.63) is 21.4 Å². The Balaban J connectivity index is 2.76. The van der Waals surface area contributed by atoms with E-state index in [1.807, 2.05) is 0 Å². The van der Waals surface area contributed by atoms with Crippen LogP contribution < -0.4 is 0 Å². The van der Waals surface area contributed by atoms with Gasteiger partial charge in [0, 0.05) is 10.8 Å². The highest BCUT2D eigenvalue weighted by Crippen LogP contribution is 2.34. The van der Waals surface area contributed by atoms with Gasteiger partial charge in [-0.2, -0.15) is 0 Å². The van der Waals surface area contributed by atoms with E-state index in [9.17, 15) is 0 Å². The van der Waals surface area contributed by atoms with Crippen LogP contribution in [0.4, 0.5) is 0 Å². The fraction of sp³-hybridized carbons (Fsp3) is 0.500. The van der Waals surface area contributed by atoms with Crippen LogP contribution in [0.1, 0.15) is 43.0 Å². The molecule has 4 heteroatoms. The molecule has 0 saturated heterocycles. The summed E-state index contributed by atoms with van der Waals surface area (Å²) in [6, 6.07) is 0. The quantitative estimate of drug-likeness (QED) is 0.745. The van der Waals surface area contributed by atoms with Crippen molar-refractivity contribution in [2.75, 3.05) is 0 Å². The maximum atomic E-state index is 6.26. The largest absolute Gasteiger partial charge is 0.222 e. The monoisotopic (exact) mass is 254 g/mol. The second-order valence-electron chi connectivity index (χ2n) is 4.20. The van der Waals surface area contributed by atoms with Crippen molar-refractivity contribution < 1.29 is 0 Å². The average molecular weight is 255 g/mol. The Bertz CT molecular complexity index is 531. The van der Waals surface area contributed by atoms with E-state index in [0.29, 0.717) is 11.1 Å². The SMILES string of the molecule is CCc1c(C)sc2nc(C(C)C)nc(Cl)c12. The fourth-order valence-corrected chi connectivity index (χ4v) is 3.29. The molecule has 0 aliphatic heterocycles. The number of rotatable bonds is 2. The number of aryl methyl sites for hydroxylation is 2. The summed E-state index contributed by atoms with van der Waals surface area (Å²) in [5, 5.41) is 1.66. The molecule has 2 aromatic rings. The van der Waals surface area contributed by atoms with Crippen LogP contribution in [0.15, 0.2) is 0 Å². The van der Waals surface area contributed by atoms with Crippen molar-refractivity contribution in [1.29, 1.82) is 0 Å². The van der Waals surface area contributed by atoms with Gasteiger partial charge in [-0.15, -0.1) is 11.3 Å². The van der Waals surface area contributed by atoms with Crippen LogP contribution in [0.5, 0.6) is 0 Å². The average Bonchev–Trinajstić information content (AvgIpc) is 2.53. The third-order valence-corrected chi connectivity index (χ3v) is 4.01. The van der Waals surface area contributed by atoms with E-state index in [1.165, 1.54) is 10.4 Å². The summed E-state index contributed by atoms with van der Waals surface area (Å²) in [6.07, 6.45) is 0.982. The molecule has 86 valence electrons. The van der Waals surface area contributed by atoms with Crippen LogP contribution in [-0.2, 0) is 6.42 Å². The van der Waals surface area contributed by atoms with E-state index < -0.39 is 0 Å². The number of hydrogen-bond donors (Lipinski definition) is 0. The second-order valence-corrected chi connectivity index (χ2v) is 5.76. The molecular formula is C12H15ClN2S. The fourth-order valence-electron chi connectivity index (χ4n) is 1.82. The van der Waals surface area contributed by atoms with E-state index in [-0.39, 0.29) is 0 Å².